The van der Waals surface area contributed by atoms with E-state index in [4.69, 9.17) is 4.74 Å². The Morgan fingerprint density at radius 1 is 0.930 bits per heavy atom. The number of thioether (sulfide) groups is 1. The Hall–Kier alpha value is -4.25. The molecule has 2 heterocycles. The van der Waals surface area contributed by atoms with Crippen molar-refractivity contribution in [3.63, 3.8) is 0 Å². The number of aromatic nitrogens is 2. The van der Waals surface area contributed by atoms with Crippen LogP contribution in [0.2, 0.25) is 0 Å². The second kappa shape index (κ2) is 12.5. The molecular weight excluding hydrogens is 646 g/mol. The third-order valence-corrected chi connectivity index (χ3v) is 9.46. The molecule has 7 nitrogen and oxygen atoms in total. The van der Waals surface area contributed by atoms with Crippen LogP contribution in [-0.4, -0.2) is 27.0 Å². The molecule has 1 aromatic heterocycles. The predicted molar refractivity (Wildman–Crippen MR) is 173 cm³/mol. The van der Waals surface area contributed by atoms with E-state index in [9.17, 15) is 14.7 Å². The zero-order chi connectivity index (χ0) is 29.9. The highest BCUT2D eigenvalue weighted by Crippen LogP contribution is 2.45. The summed E-state index contributed by atoms with van der Waals surface area (Å²) in [6.07, 6.45) is 0. The SMILES string of the molecule is Cc1ccc(CSc2nnc(N3C(=O)C(=O)/C(=C(\O)c4ccc(Br)cc4)C3c3cccc(Oc4ccccc4)c3)s2)cc1. The zero-order valence-corrected chi connectivity index (χ0v) is 26.0. The van der Waals surface area contributed by atoms with Gasteiger partial charge in [0.1, 0.15) is 17.3 Å². The van der Waals surface area contributed by atoms with Gasteiger partial charge in [0.15, 0.2) is 4.34 Å². The Labute approximate surface area is 265 Å². The lowest BCUT2D eigenvalue weighted by atomic mass is 9.95. The van der Waals surface area contributed by atoms with Crippen LogP contribution >= 0.6 is 39.0 Å². The summed E-state index contributed by atoms with van der Waals surface area (Å²) in [5.74, 6) is -0.0219. The lowest BCUT2D eigenvalue weighted by Gasteiger charge is -2.23. The van der Waals surface area contributed by atoms with E-state index < -0.39 is 17.7 Å². The molecule has 0 bridgehead atoms. The van der Waals surface area contributed by atoms with Crippen molar-refractivity contribution in [1.29, 1.82) is 0 Å². The molecule has 1 N–H and O–H groups in total. The Morgan fingerprint density at radius 2 is 1.65 bits per heavy atom. The van der Waals surface area contributed by atoms with Crippen molar-refractivity contribution in [2.24, 2.45) is 0 Å². The van der Waals surface area contributed by atoms with Gasteiger partial charge in [-0.3, -0.25) is 14.5 Å². The molecule has 0 radical (unpaired) electrons. The Balaban J connectivity index is 1.39. The maximum absolute atomic E-state index is 13.6. The molecule has 5 aromatic rings. The Morgan fingerprint density at radius 3 is 2.40 bits per heavy atom. The van der Waals surface area contributed by atoms with E-state index in [0.29, 0.717) is 32.7 Å². The van der Waals surface area contributed by atoms with E-state index in [2.05, 4.69) is 50.4 Å². The first-order valence-corrected chi connectivity index (χ1v) is 15.9. The van der Waals surface area contributed by atoms with Crippen LogP contribution in [0.4, 0.5) is 5.13 Å². The number of carbonyl (C=O) groups excluding carboxylic acids is 2. The number of para-hydroxylation sites is 1. The van der Waals surface area contributed by atoms with E-state index in [1.165, 1.54) is 33.6 Å². The number of amides is 1. The molecule has 10 heteroatoms. The van der Waals surface area contributed by atoms with Gasteiger partial charge >= 0.3 is 5.91 Å². The first-order valence-electron chi connectivity index (χ1n) is 13.3. The first-order chi connectivity index (χ1) is 20.9. The first kappa shape index (κ1) is 28.9. The molecule has 1 fully saturated rings. The van der Waals surface area contributed by atoms with Crippen LogP contribution < -0.4 is 9.64 Å². The third-order valence-electron chi connectivity index (χ3n) is 6.80. The van der Waals surface area contributed by atoms with Gasteiger partial charge in [-0.2, -0.15) is 0 Å². The number of aryl methyl sites for hydroxylation is 1. The van der Waals surface area contributed by atoms with Crippen molar-refractivity contribution < 1.29 is 19.4 Å². The summed E-state index contributed by atoms with van der Waals surface area (Å²) in [4.78, 5) is 28.5. The van der Waals surface area contributed by atoms with Crippen LogP contribution in [0.15, 0.2) is 118 Å². The van der Waals surface area contributed by atoms with E-state index >= 15 is 0 Å². The molecular formula is C33H24BrN3O4S2. The fraction of sp³-hybridized carbons (Fsp3) is 0.0909. The summed E-state index contributed by atoms with van der Waals surface area (Å²) in [5, 5.41) is 20.3. The molecule has 4 aromatic carbocycles. The number of ether oxygens (including phenoxy) is 1. The minimum atomic E-state index is -0.953. The number of hydrogen-bond donors (Lipinski definition) is 1. The number of nitrogens with zero attached hydrogens (tertiary/aromatic N) is 3. The quantitative estimate of drug-likeness (QED) is 0.0584. The highest BCUT2D eigenvalue weighted by atomic mass is 79.9. The number of rotatable bonds is 8. The molecule has 43 heavy (non-hydrogen) atoms. The largest absolute Gasteiger partial charge is 0.507 e. The number of halogens is 1. The zero-order valence-electron chi connectivity index (χ0n) is 22.8. The standard InChI is InChI=1S/C33H24BrN3O4S2/c1-20-10-12-21(13-11-20)19-42-33-36-35-32(43-33)37-28(23-6-5-9-26(18-23)41-25-7-3-2-4-8-25)27(30(39)31(37)40)29(38)22-14-16-24(34)17-15-22/h2-18,28,38H,19H2,1H3/b29-27-. The van der Waals surface area contributed by atoms with Crippen molar-refractivity contribution in [2.75, 3.05) is 4.90 Å². The highest BCUT2D eigenvalue weighted by molar-refractivity contribution is 9.10. The fourth-order valence-corrected chi connectivity index (χ4v) is 6.76. The normalized spacial score (nSPS) is 16.0. The number of Topliss-reactive ketones (excluding diaryl/α,β-unsaturated/α-hetero) is 1. The monoisotopic (exact) mass is 669 g/mol. The summed E-state index contributed by atoms with van der Waals surface area (Å²) < 4.78 is 7.53. The second-order valence-electron chi connectivity index (χ2n) is 9.79. The number of aliphatic hydroxyl groups is 1. The molecule has 1 aliphatic rings. The van der Waals surface area contributed by atoms with E-state index in [1.54, 1.807) is 48.5 Å². The van der Waals surface area contributed by atoms with E-state index in [1.807, 2.05) is 37.3 Å². The van der Waals surface area contributed by atoms with Gasteiger partial charge in [-0.1, -0.05) is 111 Å². The molecule has 1 unspecified atom stereocenters. The molecule has 0 aliphatic carbocycles. The van der Waals surface area contributed by atoms with Crippen molar-refractivity contribution in [1.82, 2.24) is 10.2 Å². The number of hydrogen-bond acceptors (Lipinski definition) is 8. The van der Waals surface area contributed by atoms with E-state index in [-0.39, 0.29) is 16.5 Å². The van der Waals surface area contributed by atoms with Crippen molar-refractivity contribution in [3.05, 3.63) is 135 Å². The summed E-state index contributed by atoms with van der Waals surface area (Å²) in [7, 11) is 0. The maximum Gasteiger partial charge on any atom is 0.301 e. The number of aliphatic hydroxyl groups excluding tert-OH is 1. The van der Waals surface area contributed by atoms with Gasteiger partial charge in [0, 0.05) is 15.8 Å². The minimum Gasteiger partial charge on any atom is -0.507 e. The van der Waals surface area contributed by atoms with Crippen LogP contribution in [0, 0.1) is 6.92 Å². The van der Waals surface area contributed by atoms with Gasteiger partial charge < -0.3 is 9.84 Å². The van der Waals surface area contributed by atoms with Crippen LogP contribution in [0.3, 0.4) is 0 Å². The van der Waals surface area contributed by atoms with Crippen LogP contribution in [0.25, 0.3) is 5.76 Å². The molecule has 0 saturated carbocycles. The van der Waals surface area contributed by atoms with E-state index in [0.717, 1.165) is 10.0 Å². The third kappa shape index (κ3) is 6.27. The molecule has 0 spiro atoms. The summed E-state index contributed by atoms with van der Waals surface area (Å²) in [6.45, 7) is 2.04. The van der Waals surface area contributed by atoms with Crippen LogP contribution in [0.5, 0.6) is 11.5 Å². The maximum atomic E-state index is 13.6. The van der Waals surface area contributed by atoms with Gasteiger partial charge in [0.05, 0.1) is 11.6 Å². The van der Waals surface area contributed by atoms with Gasteiger partial charge in [-0.05, 0) is 54.4 Å². The van der Waals surface area contributed by atoms with Crippen molar-refractivity contribution in [3.8, 4) is 11.5 Å². The van der Waals surface area contributed by atoms with Gasteiger partial charge in [0.2, 0.25) is 5.13 Å². The Bertz CT molecular complexity index is 1820. The minimum absolute atomic E-state index is 0.0340. The lowest BCUT2D eigenvalue weighted by molar-refractivity contribution is -0.132. The van der Waals surface area contributed by atoms with Gasteiger partial charge in [0.25, 0.3) is 5.78 Å². The molecule has 1 aliphatic heterocycles. The van der Waals surface area contributed by atoms with Gasteiger partial charge in [-0.25, -0.2) is 0 Å². The number of benzene rings is 4. The summed E-state index contributed by atoms with van der Waals surface area (Å²) in [6, 6.07) is 30.6. The average molecular weight is 671 g/mol. The highest BCUT2D eigenvalue weighted by Gasteiger charge is 2.48. The summed E-state index contributed by atoms with van der Waals surface area (Å²) >= 11 is 6.13. The number of ketones is 1. The molecule has 214 valence electrons. The Kier molecular flexibility index (Phi) is 8.42. The molecule has 1 atom stereocenters. The van der Waals surface area contributed by atoms with Gasteiger partial charge in [-0.15, -0.1) is 10.2 Å². The number of carbonyl (C=O) groups is 2. The summed E-state index contributed by atoms with van der Waals surface area (Å²) in [5.41, 5.74) is 3.28. The number of anilines is 1. The molecule has 6 rings (SSSR count). The lowest BCUT2D eigenvalue weighted by Crippen LogP contribution is -2.29. The topological polar surface area (TPSA) is 92.6 Å². The van der Waals surface area contributed by atoms with Crippen LogP contribution in [-0.2, 0) is 15.3 Å². The second-order valence-corrected chi connectivity index (χ2v) is 12.9. The molecule has 1 saturated heterocycles. The predicted octanol–water partition coefficient (Wildman–Crippen LogP) is 8.32. The molecule has 1 amide bonds. The fourth-order valence-electron chi connectivity index (χ4n) is 4.67. The average Bonchev–Trinajstić information content (AvgIpc) is 3.59. The van der Waals surface area contributed by atoms with Crippen molar-refractivity contribution in [2.45, 2.75) is 23.1 Å². The smallest absolute Gasteiger partial charge is 0.301 e. The van der Waals surface area contributed by atoms with Crippen molar-refractivity contribution >= 4 is 61.6 Å². The van der Waals surface area contributed by atoms with Crippen LogP contribution in [0.1, 0.15) is 28.3 Å².